The Hall–Kier alpha value is -5.24. The number of aryl methyl sites for hydroxylation is 1. The molecule has 0 aliphatic heterocycles. The predicted octanol–water partition coefficient (Wildman–Crippen LogP) is 7.85. The Morgan fingerprint density at radius 2 is 1.59 bits per heavy atom. The Morgan fingerprint density at radius 3 is 2.24 bits per heavy atom. The number of imidazole rings is 1. The molecule has 0 unspecified atom stereocenters. The number of benzene rings is 4. The highest BCUT2D eigenvalue weighted by atomic mass is 19.1. The number of hydrogen-bond acceptors (Lipinski definition) is 5. The summed E-state index contributed by atoms with van der Waals surface area (Å²) in [6, 6.07) is 24.0. The molecule has 8 heteroatoms. The minimum absolute atomic E-state index is 0.247. The van der Waals surface area contributed by atoms with Gasteiger partial charge in [-0.3, -0.25) is 0 Å². The molecule has 0 radical (unpaired) electrons. The van der Waals surface area contributed by atoms with Gasteiger partial charge in [-0.15, -0.1) is 0 Å². The van der Waals surface area contributed by atoms with Crippen molar-refractivity contribution in [2.45, 2.75) is 13.5 Å². The first kappa shape index (κ1) is 27.3. The SMILES string of the molecule is CCn1cc(-c2ccc(F)cc2F)nc1C=Cc1ccc(-c2ccc(Oc3ccc(N)c(C(=O)OC)c3)cc2)cc1. The highest BCUT2D eigenvalue weighted by Crippen LogP contribution is 2.29. The summed E-state index contributed by atoms with van der Waals surface area (Å²) in [4.78, 5) is 16.4. The van der Waals surface area contributed by atoms with Crippen LogP contribution < -0.4 is 10.5 Å². The van der Waals surface area contributed by atoms with Crippen LogP contribution in [-0.2, 0) is 11.3 Å². The number of esters is 1. The smallest absolute Gasteiger partial charge is 0.340 e. The summed E-state index contributed by atoms with van der Waals surface area (Å²) in [5.74, 6) is -0.0347. The minimum Gasteiger partial charge on any atom is -0.465 e. The van der Waals surface area contributed by atoms with Gasteiger partial charge in [-0.1, -0.05) is 42.5 Å². The molecule has 0 bridgehead atoms. The maximum absolute atomic E-state index is 14.3. The van der Waals surface area contributed by atoms with Crippen LogP contribution in [0.3, 0.4) is 0 Å². The van der Waals surface area contributed by atoms with Crippen LogP contribution in [0.5, 0.6) is 11.5 Å². The topological polar surface area (TPSA) is 79.4 Å². The number of carbonyl (C=O) groups is 1. The standard InChI is InChI=1S/C33H27F2N3O3/c1-3-38-20-31(27-15-11-24(34)18-29(27)35)37-32(38)17-6-21-4-7-22(8-5-21)23-9-12-25(13-10-23)41-26-14-16-30(36)28(19-26)33(39)40-2/h4-20H,3,36H2,1-2H3. The fourth-order valence-corrected chi connectivity index (χ4v) is 4.34. The van der Waals surface area contributed by atoms with Crippen molar-refractivity contribution in [1.29, 1.82) is 0 Å². The van der Waals surface area contributed by atoms with Gasteiger partial charge in [-0.2, -0.15) is 0 Å². The maximum atomic E-state index is 14.3. The Labute approximate surface area is 236 Å². The third kappa shape index (κ3) is 6.17. The molecule has 5 rings (SSSR count). The number of methoxy groups -OCH3 is 1. The van der Waals surface area contributed by atoms with Crippen LogP contribution in [-0.4, -0.2) is 22.6 Å². The third-order valence-electron chi connectivity index (χ3n) is 6.54. The lowest BCUT2D eigenvalue weighted by molar-refractivity contribution is 0.0601. The second kappa shape index (κ2) is 11.9. The van der Waals surface area contributed by atoms with Gasteiger partial charge < -0.3 is 19.8 Å². The van der Waals surface area contributed by atoms with Crippen LogP contribution in [0.1, 0.15) is 28.7 Å². The van der Waals surface area contributed by atoms with Gasteiger partial charge in [0.1, 0.15) is 29.0 Å². The van der Waals surface area contributed by atoms with E-state index in [1.54, 1.807) is 24.4 Å². The molecular formula is C33H27F2N3O3. The lowest BCUT2D eigenvalue weighted by Gasteiger charge is -2.10. The van der Waals surface area contributed by atoms with E-state index in [-0.39, 0.29) is 11.1 Å². The summed E-state index contributed by atoms with van der Waals surface area (Å²) < 4.78 is 40.1. The van der Waals surface area contributed by atoms with E-state index in [0.29, 0.717) is 35.2 Å². The fraction of sp³-hybridized carbons (Fsp3) is 0.0909. The molecule has 0 fully saturated rings. The Balaban J connectivity index is 1.28. The Morgan fingerprint density at radius 1 is 0.902 bits per heavy atom. The third-order valence-corrected chi connectivity index (χ3v) is 6.54. The molecule has 1 aromatic heterocycles. The van der Waals surface area contributed by atoms with Gasteiger partial charge in [0.2, 0.25) is 0 Å². The molecule has 0 spiro atoms. The number of carbonyl (C=O) groups excluding carboxylic acids is 1. The summed E-state index contributed by atoms with van der Waals surface area (Å²) in [7, 11) is 1.30. The number of hydrogen-bond donors (Lipinski definition) is 1. The molecule has 0 saturated heterocycles. The van der Waals surface area contributed by atoms with E-state index < -0.39 is 17.6 Å². The number of nitrogens with zero attached hydrogens (tertiary/aromatic N) is 2. The van der Waals surface area contributed by atoms with E-state index >= 15 is 0 Å². The highest BCUT2D eigenvalue weighted by molar-refractivity contribution is 5.95. The fourth-order valence-electron chi connectivity index (χ4n) is 4.34. The van der Waals surface area contributed by atoms with Gasteiger partial charge in [-0.25, -0.2) is 18.6 Å². The van der Waals surface area contributed by atoms with Crippen LogP contribution in [0.2, 0.25) is 0 Å². The van der Waals surface area contributed by atoms with E-state index in [1.165, 1.54) is 19.2 Å². The summed E-state index contributed by atoms with van der Waals surface area (Å²) in [6.07, 6.45) is 5.57. The lowest BCUT2D eigenvalue weighted by atomic mass is 10.0. The van der Waals surface area contributed by atoms with Crippen molar-refractivity contribution in [2.75, 3.05) is 12.8 Å². The van der Waals surface area contributed by atoms with Gasteiger partial charge in [-0.05, 0) is 72.2 Å². The van der Waals surface area contributed by atoms with E-state index in [1.807, 2.05) is 72.2 Å². The van der Waals surface area contributed by atoms with E-state index in [2.05, 4.69) is 4.98 Å². The average molecular weight is 552 g/mol. The summed E-state index contributed by atoms with van der Waals surface area (Å²) >= 11 is 0. The Bertz CT molecular complexity index is 1730. The molecule has 0 aliphatic carbocycles. The zero-order valence-electron chi connectivity index (χ0n) is 22.5. The number of anilines is 1. The molecular weight excluding hydrogens is 524 g/mol. The summed E-state index contributed by atoms with van der Waals surface area (Å²) in [5.41, 5.74) is 10.1. The Kier molecular flexibility index (Phi) is 7.92. The molecule has 1 heterocycles. The molecule has 0 amide bonds. The number of nitrogen functional groups attached to an aromatic ring is 1. The lowest BCUT2D eigenvalue weighted by Crippen LogP contribution is -2.05. The van der Waals surface area contributed by atoms with E-state index in [0.717, 1.165) is 22.8 Å². The van der Waals surface area contributed by atoms with Crippen molar-refractivity contribution in [1.82, 2.24) is 9.55 Å². The number of ether oxygens (including phenoxy) is 2. The number of rotatable bonds is 8. The molecule has 0 aliphatic rings. The first-order valence-corrected chi connectivity index (χ1v) is 12.9. The largest absolute Gasteiger partial charge is 0.465 e. The van der Waals surface area contributed by atoms with Crippen molar-refractivity contribution in [2.24, 2.45) is 0 Å². The average Bonchev–Trinajstić information content (AvgIpc) is 3.40. The van der Waals surface area contributed by atoms with Gasteiger partial charge in [0, 0.05) is 30.1 Å². The monoisotopic (exact) mass is 551 g/mol. The first-order chi connectivity index (χ1) is 19.8. The van der Waals surface area contributed by atoms with Crippen LogP contribution in [0.15, 0.2) is 91.1 Å². The molecule has 0 saturated carbocycles. The van der Waals surface area contributed by atoms with Crippen molar-refractivity contribution in [3.63, 3.8) is 0 Å². The molecule has 2 N–H and O–H groups in total. The number of halogens is 2. The molecule has 41 heavy (non-hydrogen) atoms. The van der Waals surface area contributed by atoms with E-state index in [9.17, 15) is 13.6 Å². The van der Waals surface area contributed by atoms with Crippen molar-refractivity contribution < 1.29 is 23.0 Å². The maximum Gasteiger partial charge on any atom is 0.340 e. The number of nitrogens with two attached hydrogens (primary N) is 1. The molecule has 5 aromatic rings. The quantitative estimate of drug-likeness (QED) is 0.157. The highest BCUT2D eigenvalue weighted by Gasteiger charge is 2.13. The van der Waals surface area contributed by atoms with Gasteiger partial charge >= 0.3 is 5.97 Å². The number of aromatic nitrogens is 2. The van der Waals surface area contributed by atoms with Crippen molar-refractivity contribution in [3.8, 4) is 33.9 Å². The van der Waals surface area contributed by atoms with Crippen LogP contribution in [0.4, 0.5) is 14.5 Å². The predicted molar refractivity (Wildman–Crippen MR) is 156 cm³/mol. The zero-order valence-corrected chi connectivity index (χ0v) is 22.5. The second-order valence-electron chi connectivity index (χ2n) is 9.22. The second-order valence-corrected chi connectivity index (χ2v) is 9.22. The van der Waals surface area contributed by atoms with Gasteiger partial charge in [0.25, 0.3) is 0 Å². The zero-order chi connectivity index (χ0) is 28.9. The van der Waals surface area contributed by atoms with Crippen LogP contribution in [0.25, 0.3) is 34.5 Å². The van der Waals surface area contributed by atoms with Gasteiger partial charge in [0.15, 0.2) is 0 Å². The molecule has 6 nitrogen and oxygen atoms in total. The molecule has 206 valence electrons. The van der Waals surface area contributed by atoms with Crippen molar-refractivity contribution in [3.05, 3.63) is 120 Å². The minimum atomic E-state index is -0.644. The normalized spacial score (nSPS) is 11.1. The summed E-state index contributed by atoms with van der Waals surface area (Å²) in [5, 5.41) is 0. The van der Waals surface area contributed by atoms with Crippen molar-refractivity contribution >= 4 is 23.8 Å². The van der Waals surface area contributed by atoms with Crippen LogP contribution >= 0.6 is 0 Å². The summed E-state index contributed by atoms with van der Waals surface area (Å²) in [6.45, 7) is 2.63. The van der Waals surface area contributed by atoms with E-state index in [4.69, 9.17) is 15.2 Å². The van der Waals surface area contributed by atoms with Gasteiger partial charge in [0.05, 0.1) is 18.4 Å². The molecule has 4 aromatic carbocycles. The molecule has 0 atom stereocenters. The van der Waals surface area contributed by atoms with Crippen LogP contribution in [0, 0.1) is 11.6 Å². The first-order valence-electron chi connectivity index (χ1n) is 12.9.